The van der Waals surface area contributed by atoms with E-state index in [1.54, 1.807) is 6.07 Å². The SMILES string of the molecule is NC(=O)c1c(F)ccc(OCC(O)c2nc(-c3ccccc3F)c(Br)o2)c1F. The minimum Gasteiger partial charge on any atom is -0.487 e. The highest BCUT2D eigenvalue weighted by atomic mass is 79.9. The summed E-state index contributed by atoms with van der Waals surface area (Å²) in [5.41, 5.74) is 4.25. The molecule has 0 bridgehead atoms. The number of aliphatic hydroxyl groups excluding tert-OH is 1. The Kier molecular flexibility index (Phi) is 5.71. The van der Waals surface area contributed by atoms with Gasteiger partial charge in [-0.2, -0.15) is 0 Å². The summed E-state index contributed by atoms with van der Waals surface area (Å²) in [7, 11) is 0. The first-order valence-electron chi connectivity index (χ1n) is 7.79. The normalized spacial score (nSPS) is 12.0. The summed E-state index contributed by atoms with van der Waals surface area (Å²) in [5.74, 6) is -4.98. The monoisotopic (exact) mass is 456 g/mol. The Bertz CT molecular complexity index is 1040. The fraction of sp³-hybridized carbons (Fsp3) is 0.111. The molecular weight excluding hydrogens is 445 g/mol. The molecule has 3 aromatic rings. The molecule has 0 aliphatic carbocycles. The van der Waals surface area contributed by atoms with E-state index in [0.717, 1.165) is 12.1 Å². The topological polar surface area (TPSA) is 98.6 Å². The summed E-state index contributed by atoms with van der Waals surface area (Å²) in [6.07, 6.45) is -1.46. The van der Waals surface area contributed by atoms with Crippen LogP contribution in [-0.4, -0.2) is 22.6 Å². The van der Waals surface area contributed by atoms with Crippen molar-refractivity contribution < 1.29 is 32.2 Å². The van der Waals surface area contributed by atoms with E-state index in [1.807, 2.05) is 0 Å². The molecule has 146 valence electrons. The molecule has 1 aromatic heterocycles. The van der Waals surface area contributed by atoms with Crippen molar-refractivity contribution in [2.24, 2.45) is 5.73 Å². The number of aliphatic hydroxyl groups is 1. The molecule has 2 aromatic carbocycles. The van der Waals surface area contributed by atoms with Crippen LogP contribution >= 0.6 is 15.9 Å². The minimum atomic E-state index is -1.46. The van der Waals surface area contributed by atoms with Crippen LogP contribution in [0.2, 0.25) is 0 Å². The van der Waals surface area contributed by atoms with E-state index in [9.17, 15) is 23.1 Å². The van der Waals surface area contributed by atoms with Gasteiger partial charge in [0.25, 0.3) is 5.91 Å². The molecule has 0 aliphatic heterocycles. The zero-order valence-corrected chi connectivity index (χ0v) is 15.5. The highest BCUT2D eigenvalue weighted by Crippen LogP contribution is 2.32. The van der Waals surface area contributed by atoms with Gasteiger partial charge in [0.15, 0.2) is 22.3 Å². The summed E-state index contributed by atoms with van der Waals surface area (Å²) in [4.78, 5) is 15.2. The second-order valence-electron chi connectivity index (χ2n) is 5.58. The zero-order chi connectivity index (χ0) is 20.4. The summed E-state index contributed by atoms with van der Waals surface area (Å²) < 4.78 is 52.0. The second-order valence-corrected chi connectivity index (χ2v) is 6.30. The lowest BCUT2D eigenvalue weighted by Crippen LogP contribution is -2.17. The standard InChI is InChI=1S/C18H12BrF3N2O4/c19-16-15(8-3-1-2-4-9(8)20)24-18(28-16)11(25)7-27-12-6-5-10(21)13(14(12)22)17(23)26/h1-6,11,25H,7H2,(H2,23,26). The number of ether oxygens (including phenoxy) is 1. The molecule has 0 fully saturated rings. The molecule has 3 rings (SSSR count). The number of amides is 1. The molecule has 10 heteroatoms. The Morgan fingerprint density at radius 1 is 1.21 bits per heavy atom. The molecule has 1 atom stereocenters. The lowest BCUT2D eigenvalue weighted by Gasteiger charge is -2.11. The molecule has 1 amide bonds. The number of halogens is 4. The molecule has 0 saturated carbocycles. The van der Waals surface area contributed by atoms with E-state index in [0.29, 0.717) is 0 Å². The van der Waals surface area contributed by atoms with E-state index in [1.165, 1.54) is 18.2 Å². The molecule has 28 heavy (non-hydrogen) atoms. The third-order valence-electron chi connectivity index (χ3n) is 3.72. The van der Waals surface area contributed by atoms with Crippen molar-refractivity contribution in [1.82, 2.24) is 4.98 Å². The van der Waals surface area contributed by atoms with Crippen molar-refractivity contribution in [2.75, 3.05) is 6.61 Å². The van der Waals surface area contributed by atoms with E-state index in [4.69, 9.17) is 14.9 Å². The fourth-order valence-electron chi connectivity index (χ4n) is 2.39. The highest BCUT2D eigenvalue weighted by molar-refractivity contribution is 9.10. The number of nitrogens with two attached hydrogens (primary N) is 1. The van der Waals surface area contributed by atoms with Crippen LogP contribution in [0.5, 0.6) is 5.75 Å². The Balaban J connectivity index is 1.79. The molecule has 3 N–H and O–H groups in total. The summed E-state index contributed by atoms with van der Waals surface area (Å²) in [6, 6.07) is 7.58. The van der Waals surface area contributed by atoms with Crippen LogP contribution in [0, 0.1) is 17.5 Å². The smallest absolute Gasteiger partial charge is 0.254 e. The minimum absolute atomic E-state index is 0.0793. The third-order valence-corrected chi connectivity index (χ3v) is 4.25. The Morgan fingerprint density at radius 3 is 2.61 bits per heavy atom. The fourth-order valence-corrected chi connectivity index (χ4v) is 2.86. The van der Waals surface area contributed by atoms with Gasteiger partial charge in [0, 0.05) is 5.56 Å². The predicted molar refractivity (Wildman–Crippen MR) is 94.9 cm³/mol. The first-order valence-corrected chi connectivity index (χ1v) is 8.58. The number of nitrogens with zero attached hydrogens (tertiary/aromatic N) is 1. The highest BCUT2D eigenvalue weighted by Gasteiger charge is 2.23. The number of benzene rings is 2. The zero-order valence-electron chi connectivity index (χ0n) is 14.0. The summed E-state index contributed by atoms with van der Waals surface area (Å²) >= 11 is 3.10. The maximum atomic E-state index is 14.1. The van der Waals surface area contributed by atoms with Gasteiger partial charge in [-0.25, -0.2) is 18.2 Å². The van der Waals surface area contributed by atoms with Crippen LogP contribution in [0.3, 0.4) is 0 Å². The maximum absolute atomic E-state index is 14.1. The number of oxazole rings is 1. The van der Waals surface area contributed by atoms with Crippen molar-refractivity contribution in [3.8, 4) is 17.0 Å². The first-order chi connectivity index (χ1) is 13.3. The molecular formula is C18H12BrF3N2O4. The van der Waals surface area contributed by atoms with Crippen molar-refractivity contribution in [3.63, 3.8) is 0 Å². The predicted octanol–water partition coefficient (Wildman–Crippen LogP) is 3.73. The van der Waals surface area contributed by atoms with Gasteiger partial charge in [-0.15, -0.1) is 0 Å². The van der Waals surface area contributed by atoms with Crippen molar-refractivity contribution in [2.45, 2.75) is 6.10 Å². The summed E-state index contributed by atoms with van der Waals surface area (Å²) in [5, 5.41) is 10.2. The van der Waals surface area contributed by atoms with E-state index < -0.39 is 47.4 Å². The van der Waals surface area contributed by atoms with Gasteiger partial charge in [0.1, 0.15) is 29.5 Å². The van der Waals surface area contributed by atoms with Gasteiger partial charge >= 0.3 is 0 Å². The lowest BCUT2D eigenvalue weighted by molar-refractivity contribution is 0.0811. The number of rotatable bonds is 6. The number of carbonyl (C=O) groups excluding carboxylic acids is 1. The Hall–Kier alpha value is -2.85. The van der Waals surface area contributed by atoms with E-state index in [-0.39, 0.29) is 21.8 Å². The van der Waals surface area contributed by atoms with Crippen molar-refractivity contribution >= 4 is 21.8 Å². The quantitative estimate of drug-likeness (QED) is 0.588. The lowest BCUT2D eigenvalue weighted by atomic mass is 10.1. The Labute approximate surface area is 164 Å². The van der Waals surface area contributed by atoms with E-state index >= 15 is 0 Å². The molecule has 0 radical (unpaired) electrons. The van der Waals surface area contributed by atoms with Gasteiger partial charge in [-0.3, -0.25) is 4.79 Å². The van der Waals surface area contributed by atoms with Gasteiger partial charge in [0.05, 0.1) is 0 Å². The van der Waals surface area contributed by atoms with Crippen LogP contribution in [-0.2, 0) is 0 Å². The average molecular weight is 457 g/mol. The van der Waals surface area contributed by atoms with Gasteiger partial charge in [-0.05, 0) is 40.2 Å². The van der Waals surface area contributed by atoms with Crippen LogP contribution < -0.4 is 10.5 Å². The molecule has 1 unspecified atom stereocenters. The van der Waals surface area contributed by atoms with Crippen LogP contribution in [0.1, 0.15) is 22.4 Å². The number of carbonyl (C=O) groups is 1. The summed E-state index contributed by atoms with van der Waals surface area (Å²) in [6.45, 7) is -0.537. The largest absolute Gasteiger partial charge is 0.487 e. The van der Waals surface area contributed by atoms with Crippen molar-refractivity contribution in [1.29, 1.82) is 0 Å². The van der Waals surface area contributed by atoms with Crippen LogP contribution in [0.4, 0.5) is 13.2 Å². The van der Waals surface area contributed by atoms with Gasteiger partial charge in [-0.1, -0.05) is 12.1 Å². The number of primary amides is 1. The number of hydrogen-bond donors (Lipinski definition) is 2. The Morgan fingerprint density at radius 2 is 1.93 bits per heavy atom. The maximum Gasteiger partial charge on any atom is 0.254 e. The number of aromatic nitrogens is 1. The van der Waals surface area contributed by atoms with Crippen molar-refractivity contribution in [3.05, 3.63) is 70.0 Å². The molecule has 1 heterocycles. The molecule has 0 aliphatic rings. The third kappa shape index (κ3) is 3.87. The first kappa shape index (κ1) is 19.9. The average Bonchev–Trinajstić information content (AvgIpc) is 3.02. The molecule has 0 spiro atoms. The number of hydrogen-bond acceptors (Lipinski definition) is 5. The van der Waals surface area contributed by atoms with Crippen LogP contribution in [0.25, 0.3) is 11.3 Å². The van der Waals surface area contributed by atoms with Gasteiger partial charge in [0.2, 0.25) is 5.89 Å². The van der Waals surface area contributed by atoms with Gasteiger partial charge < -0.3 is 20.0 Å². The second kappa shape index (κ2) is 8.03. The molecule has 0 saturated heterocycles. The van der Waals surface area contributed by atoms with Crippen LogP contribution in [0.15, 0.2) is 45.5 Å². The molecule has 6 nitrogen and oxygen atoms in total. The van der Waals surface area contributed by atoms with E-state index in [2.05, 4.69) is 20.9 Å².